The molecule has 2 heteroatoms. The monoisotopic (exact) mass is 296 g/mol. The third kappa shape index (κ3) is 5.40. The Bertz CT molecular complexity index is 335. The molecular formula is C15H21BrO. The number of allylic oxidation sites excluding steroid dienone is 1. The molecule has 0 radical (unpaired) electrons. The highest BCUT2D eigenvalue weighted by molar-refractivity contribution is 9.09. The largest absolute Gasteiger partial charge is 0.493 e. The average molecular weight is 297 g/mol. The zero-order valence-electron chi connectivity index (χ0n) is 10.5. The molecule has 17 heavy (non-hydrogen) atoms. The van der Waals surface area contributed by atoms with Gasteiger partial charge in [0.05, 0.1) is 6.61 Å². The average Bonchev–Trinajstić information content (AvgIpc) is 2.32. The van der Waals surface area contributed by atoms with Crippen LogP contribution in [0.2, 0.25) is 0 Å². The highest BCUT2D eigenvalue weighted by Gasteiger charge is 2.04. The topological polar surface area (TPSA) is 9.23 Å². The molecule has 1 nitrogen and oxygen atoms in total. The quantitative estimate of drug-likeness (QED) is 0.503. The molecular weight excluding hydrogens is 276 g/mol. The van der Waals surface area contributed by atoms with Crippen LogP contribution in [0.1, 0.15) is 25.3 Å². The molecule has 0 bridgehead atoms. The third-order valence-electron chi connectivity index (χ3n) is 2.81. The van der Waals surface area contributed by atoms with Gasteiger partial charge in [-0.2, -0.15) is 0 Å². The van der Waals surface area contributed by atoms with Crippen molar-refractivity contribution in [1.82, 2.24) is 0 Å². The number of benzene rings is 1. The van der Waals surface area contributed by atoms with Crippen LogP contribution in [0, 0.1) is 5.92 Å². The Kier molecular flexibility index (Phi) is 7.02. The third-order valence-corrected chi connectivity index (χ3v) is 3.26. The van der Waals surface area contributed by atoms with E-state index in [-0.39, 0.29) is 0 Å². The zero-order chi connectivity index (χ0) is 12.5. The predicted octanol–water partition coefficient (Wildman–Crippen LogP) is 4.61. The number of hydrogen-bond acceptors (Lipinski definition) is 1. The van der Waals surface area contributed by atoms with Gasteiger partial charge in [0.2, 0.25) is 0 Å². The van der Waals surface area contributed by atoms with Crippen LogP contribution >= 0.6 is 15.9 Å². The maximum absolute atomic E-state index is 5.84. The van der Waals surface area contributed by atoms with Crippen LogP contribution < -0.4 is 4.74 Å². The van der Waals surface area contributed by atoms with Crippen molar-refractivity contribution >= 4 is 15.9 Å². The standard InChI is InChI=1S/C15H21BrO/c1-3-6-14-7-4-5-8-15(14)17-12-10-13(2)9-11-16/h3-5,7-8,13H,1,6,9-12H2,2H3. The van der Waals surface area contributed by atoms with E-state index in [1.807, 2.05) is 24.3 Å². The van der Waals surface area contributed by atoms with Gasteiger partial charge in [-0.1, -0.05) is 47.1 Å². The SMILES string of the molecule is C=CCc1ccccc1OCCC(C)CCBr. The van der Waals surface area contributed by atoms with E-state index < -0.39 is 0 Å². The summed E-state index contributed by atoms with van der Waals surface area (Å²) < 4.78 is 5.84. The van der Waals surface area contributed by atoms with Crippen LogP contribution in [0.4, 0.5) is 0 Å². The van der Waals surface area contributed by atoms with Crippen molar-refractivity contribution in [2.45, 2.75) is 26.2 Å². The molecule has 0 N–H and O–H groups in total. The van der Waals surface area contributed by atoms with Crippen molar-refractivity contribution in [1.29, 1.82) is 0 Å². The summed E-state index contributed by atoms with van der Waals surface area (Å²) >= 11 is 3.47. The van der Waals surface area contributed by atoms with Crippen LogP contribution in [0.15, 0.2) is 36.9 Å². The van der Waals surface area contributed by atoms with E-state index in [9.17, 15) is 0 Å². The summed E-state index contributed by atoms with van der Waals surface area (Å²) in [7, 11) is 0. The summed E-state index contributed by atoms with van der Waals surface area (Å²) in [6.45, 7) is 6.83. The van der Waals surface area contributed by atoms with Gasteiger partial charge < -0.3 is 4.74 Å². The number of halogens is 1. The Balaban J connectivity index is 2.42. The Labute approximate surface area is 113 Å². The van der Waals surface area contributed by atoms with Gasteiger partial charge in [0.25, 0.3) is 0 Å². The Hall–Kier alpha value is -0.760. The Morgan fingerprint density at radius 3 is 2.82 bits per heavy atom. The van der Waals surface area contributed by atoms with Gasteiger partial charge in [0.1, 0.15) is 5.75 Å². The molecule has 0 spiro atoms. The lowest BCUT2D eigenvalue weighted by atomic mass is 10.1. The molecule has 1 unspecified atom stereocenters. The minimum atomic E-state index is 0.709. The Morgan fingerprint density at radius 2 is 2.12 bits per heavy atom. The van der Waals surface area contributed by atoms with Crippen LogP contribution in [0.25, 0.3) is 0 Å². The molecule has 0 aliphatic heterocycles. The van der Waals surface area contributed by atoms with E-state index in [1.165, 1.54) is 12.0 Å². The van der Waals surface area contributed by atoms with Gasteiger partial charge in [0, 0.05) is 5.33 Å². The molecule has 1 atom stereocenters. The van der Waals surface area contributed by atoms with Crippen molar-refractivity contribution in [2.75, 3.05) is 11.9 Å². The molecule has 94 valence electrons. The van der Waals surface area contributed by atoms with Gasteiger partial charge in [-0.05, 0) is 36.8 Å². The zero-order valence-corrected chi connectivity index (χ0v) is 12.1. The molecule has 0 saturated heterocycles. The van der Waals surface area contributed by atoms with E-state index in [4.69, 9.17) is 4.74 Å². The van der Waals surface area contributed by atoms with Gasteiger partial charge in [-0.15, -0.1) is 6.58 Å². The second kappa shape index (κ2) is 8.35. The van der Waals surface area contributed by atoms with Gasteiger partial charge in [-0.3, -0.25) is 0 Å². The fourth-order valence-corrected chi connectivity index (χ4v) is 2.45. The van der Waals surface area contributed by atoms with Crippen molar-refractivity contribution < 1.29 is 4.74 Å². The lowest BCUT2D eigenvalue weighted by molar-refractivity contribution is 0.280. The normalized spacial score (nSPS) is 12.1. The van der Waals surface area contributed by atoms with Crippen molar-refractivity contribution in [2.24, 2.45) is 5.92 Å². The molecule has 0 fully saturated rings. The van der Waals surface area contributed by atoms with Gasteiger partial charge in [-0.25, -0.2) is 0 Å². The van der Waals surface area contributed by atoms with Crippen LogP contribution in [-0.2, 0) is 6.42 Å². The minimum Gasteiger partial charge on any atom is -0.493 e. The summed E-state index contributed by atoms with van der Waals surface area (Å²) in [5.74, 6) is 1.71. The number of ether oxygens (including phenoxy) is 1. The van der Waals surface area contributed by atoms with Gasteiger partial charge in [0.15, 0.2) is 0 Å². The van der Waals surface area contributed by atoms with Crippen LogP contribution in [-0.4, -0.2) is 11.9 Å². The fraction of sp³-hybridized carbons (Fsp3) is 0.467. The van der Waals surface area contributed by atoms with Crippen LogP contribution in [0.3, 0.4) is 0 Å². The molecule has 1 rings (SSSR count). The summed E-state index contributed by atoms with van der Waals surface area (Å²) in [6.07, 6.45) is 5.09. The van der Waals surface area contributed by atoms with E-state index in [0.29, 0.717) is 5.92 Å². The maximum Gasteiger partial charge on any atom is 0.122 e. The molecule has 1 aromatic rings. The van der Waals surface area contributed by atoms with Crippen molar-refractivity contribution in [3.05, 3.63) is 42.5 Å². The molecule has 0 aliphatic carbocycles. The summed E-state index contributed by atoms with van der Waals surface area (Å²) in [5, 5.41) is 1.07. The number of rotatable bonds is 8. The molecule has 0 aromatic heterocycles. The first-order valence-electron chi connectivity index (χ1n) is 6.15. The first-order chi connectivity index (χ1) is 8.27. The fourth-order valence-electron chi connectivity index (χ4n) is 1.67. The van der Waals surface area contributed by atoms with Crippen molar-refractivity contribution in [3.8, 4) is 5.75 Å². The molecule has 0 amide bonds. The molecule has 0 aliphatic rings. The van der Waals surface area contributed by atoms with Gasteiger partial charge >= 0.3 is 0 Å². The Morgan fingerprint density at radius 1 is 1.35 bits per heavy atom. The highest BCUT2D eigenvalue weighted by atomic mass is 79.9. The molecule has 1 aromatic carbocycles. The summed E-state index contributed by atoms with van der Waals surface area (Å²) in [6, 6.07) is 8.19. The lowest BCUT2D eigenvalue weighted by Gasteiger charge is -2.13. The minimum absolute atomic E-state index is 0.709. The highest BCUT2D eigenvalue weighted by Crippen LogP contribution is 2.19. The summed E-state index contributed by atoms with van der Waals surface area (Å²) in [5.41, 5.74) is 1.22. The number of alkyl halides is 1. The maximum atomic E-state index is 5.84. The predicted molar refractivity (Wildman–Crippen MR) is 78.0 cm³/mol. The lowest BCUT2D eigenvalue weighted by Crippen LogP contribution is -2.05. The number of hydrogen-bond donors (Lipinski definition) is 0. The second-order valence-electron chi connectivity index (χ2n) is 4.32. The van der Waals surface area contributed by atoms with E-state index in [2.05, 4.69) is 35.5 Å². The second-order valence-corrected chi connectivity index (χ2v) is 5.11. The van der Waals surface area contributed by atoms with E-state index >= 15 is 0 Å². The molecule has 0 heterocycles. The number of para-hydroxylation sites is 1. The van der Waals surface area contributed by atoms with Crippen molar-refractivity contribution in [3.63, 3.8) is 0 Å². The first kappa shape index (κ1) is 14.3. The first-order valence-corrected chi connectivity index (χ1v) is 7.27. The smallest absolute Gasteiger partial charge is 0.122 e. The summed E-state index contributed by atoms with van der Waals surface area (Å²) in [4.78, 5) is 0. The molecule has 0 saturated carbocycles. The van der Waals surface area contributed by atoms with Crippen LogP contribution in [0.5, 0.6) is 5.75 Å². The van der Waals surface area contributed by atoms with E-state index in [1.54, 1.807) is 0 Å². The van der Waals surface area contributed by atoms with E-state index in [0.717, 1.165) is 30.5 Å².